The van der Waals surface area contributed by atoms with E-state index in [9.17, 15) is 19.5 Å². The van der Waals surface area contributed by atoms with Crippen LogP contribution in [0.3, 0.4) is 0 Å². The fourth-order valence-electron chi connectivity index (χ4n) is 4.04. The monoisotopic (exact) mass is 473 g/mol. The zero-order valence-electron chi connectivity index (χ0n) is 19.4. The molecule has 3 aromatic rings. The fourth-order valence-corrected chi connectivity index (χ4v) is 4.04. The van der Waals surface area contributed by atoms with E-state index in [4.69, 9.17) is 4.74 Å². The van der Waals surface area contributed by atoms with Gasteiger partial charge in [-0.2, -0.15) is 0 Å². The number of hydrogen-bond acceptors (Lipinski definition) is 4. The van der Waals surface area contributed by atoms with E-state index in [0.717, 1.165) is 11.1 Å². The number of aryl methyl sites for hydroxylation is 1. The van der Waals surface area contributed by atoms with Crippen molar-refractivity contribution in [2.75, 3.05) is 24.5 Å². The van der Waals surface area contributed by atoms with Crippen LogP contribution in [0.1, 0.15) is 11.1 Å². The molecule has 35 heavy (non-hydrogen) atoms. The third-order valence-electron chi connectivity index (χ3n) is 5.84. The highest BCUT2D eigenvalue weighted by Gasteiger charge is 2.40. The van der Waals surface area contributed by atoms with E-state index in [1.165, 1.54) is 14.7 Å². The first-order valence-electron chi connectivity index (χ1n) is 11.3. The summed E-state index contributed by atoms with van der Waals surface area (Å²) in [5, 5.41) is 9.94. The molecule has 0 saturated carbocycles. The summed E-state index contributed by atoms with van der Waals surface area (Å²) >= 11 is 0. The summed E-state index contributed by atoms with van der Waals surface area (Å²) in [5.41, 5.74) is 3.06. The predicted molar refractivity (Wildman–Crippen MR) is 131 cm³/mol. The molecule has 3 aromatic carbocycles. The third-order valence-corrected chi connectivity index (χ3v) is 5.84. The van der Waals surface area contributed by atoms with Gasteiger partial charge in [0, 0.05) is 13.1 Å². The van der Waals surface area contributed by atoms with Crippen LogP contribution in [0.15, 0.2) is 84.9 Å². The molecule has 0 radical (unpaired) electrons. The third kappa shape index (κ3) is 5.60. The molecular formula is C27H27N3O5. The standard InChI is InChI=1S/C27H27N3O5/c1-20-9-8-14-23(17-20)30(22-12-6-3-7-13-22)26(33)29-16-15-28(18-24(29)25(31)32)27(34)35-19-21-10-4-2-5-11-21/h2-14,17,24H,15-16,18-19H2,1H3,(H,31,32). The molecule has 0 spiro atoms. The minimum absolute atomic E-state index is 0.0609. The van der Waals surface area contributed by atoms with Crippen molar-refractivity contribution in [2.24, 2.45) is 0 Å². The van der Waals surface area contributed by atoms with Crippen LogP contribution in [-0.2, 0) is 16.1 Å². The SMILES string of the molecule is Cc1cccc(N(C(=O)N2CCN(C(=O)OCc3ccccc3)CC2C(=O)O)c2ccccc2)c1. The maximum Gasteiger partial charge on any atom is 0.410 e. The van der Waals surface area contributed by atoms with Gasteiger partial charge in [0.1, 0.15) is 12.6 Å². The van der Waals surface area contributed by atoms with Crippen LogP contribution >= 0.6 is 0 Å². The number of para-hydroxylation sites is 1. The molecule has 1 aliphatic heterocycles. The summed E-state index contributed by atoms with van der Waals surface area (Å²) in [6.45, 7) is 2.08. The van der Waals surface area contributed by atoms with Crippen molar-refractivity contribution in [3.05, 3.63) is 96.1 Å². The lowest BCUT2D eigenvalue weighted by atomic mass is 10.1. The lowest BCUT2D eigenvalue weighted by molar-refractivity contribution is -0.143. The number of urea groups is 1. The van der Waals surface area contributed by atoms with E-state index in [2.05, 4.69) is 0 Å². The molecule has 180 valence electrons. The number of aliphatic carboxylic acids is 1. The Morgan fingerprint density at radius 3 is 2.23 bits per heavy atom. The normalized spacial score (nSPS) is 15.4. The van der Waals surface area contributed by atoms with Gasteiger partial charge in [0.05, 0.1) is 17.9 Å². The zero-order valence-corrected chi connectivity index (χ0v) is 19.4. The molecule has 8 heteroatoms. The molecule has 4 rings (SSSR count). The average molecular weight is 474 g/mol. The molecule has 1 fully saturated rings. The Morgan fingerprint density at radius 1 is 0.914 bits per heavy atom. The first kappa shape index (κ1) is 23.8. The molecule has 8 nitrogen and oxygen atoms in total. The molecule has 0 aromatic heterocycles. The molecule has 0 bridgehead atoms. The van der Waals surface area contributed by atoms with Crippen molar-refractivity contribution in [2.45, 2.75) is 19.6 Å². The lowest BCUT2D eigenvalue weighted by Crippen LogP contribution is -2.61. The summed E-state index contributed by atoms with van der Waals surface area (Å²) < 4.78 is 5.37. The Hall–Kier alpha value is -4.33. The Bertz CT molecular complexity index is 1190. The molecule has 1 atom stereocenters. The lowest BCUT2D eigenvalue weighted by Gasteiger charge is -2.41. The van der Waals surface area contributed by atoms with Crippen LogP contribution < -0.4 is 4.90 Å². The van der Waals surface area contributed by atoms with Gasteiger partial charge in [-0.25, -0.2) is 14.4 Å². The van der Waals surface area contributed by atoms with Gasteiger partial charge in [-0.15, -0.1) is 0 Å². The van der Waals surface area contributed by atoms with Gasteiger partial charge < -0.3 is 19.6 Å². The van der Waals surface area contributed by atoms with E-state index in [1.54, 1.807) is 12.1 Å². The second-order valence-electron chi connectivity index (χ2n) is 8.33. The number of anilines is 2. The highest BCUT2D eigenvalue weighted by molar-refractivity contribution is 6.01. The highest BCUT2D eigenvalue weighted by atomic mass is 16.6. The van der Waals surface area contributed by atoms with Crippen LogP contribution in [0.4, 0.5) is 21.0 Å². The summed E-state index contributed by atoms with van der Waals surface area (Å²) in [6, 6.07) is 24.1. The van der Waals surface area contributed by atoms with Gasteiger partial charge >= 0.3 is 18.1 Å². The first-order valence-corrected chi connectivity index (χ1v) is 11.3. The smallest absolute Gasteiger partial charge is 0.410 e. The van der Waals surface area contributed by atoms with Crippen molar-refractivity contribution >= 4 is 29.5 Å². The second-order valence-corrected chi connectivity index (χ2v) is 8.33. The summed E-state index contributed by atoms with van der Waals surface area (Å²) in [5.74, 6) is -1.18. The maximum atomic E-state index is 13.8. The molecule has 1 aliphatic rings. The van der Waals surface area contributed by atoms with E-state index < -0.39 is 24.1 Å². The summed E-state index contributed by atoms with van der Waals surface area (Å²) in [7, 11) is 0. The van der Waals surface area contributed by atoms with Crippen molar-refractivity contribution in [1.82, 2.24) is 9.80 Å². The Labute approximate surface area is 203 Å². The van der Waals surface area contributed by atoms with Crippen molar-refractivity contribution in [3.8, 4) is 0 Å². The largest absolute Gasteiger partial charge is 0.480 e. The highest BCUT2D eigenvalue weighted by Crippen LogP contribution is 2.29. The molecule has 1 N–H and O–H groups in total. The topological polar surface area (TPSA) is 90.4 Å². The van der Waals surface area contributed by atoms with Crippen LogP contribution in [0.2, 0.25) is 0 Å². The number of benzene rings is 3. The first-order chi connectivity index (χ1) is 16.9. The van der Waals surface area contributed by atoms with Crippen molar-refractivity contribution < 1.29 is 24.2 Å². The van der Waals surface area contributed by atoms with Gasteiger partial charge in [0.15, 0.2) is 0 Å². The summed E-state index contributed by atoms with van der Waals surface area (Å²) in [4.78, 5) is 42.7. The Balaban J connectivity index is 1.53. The van der Waals surface area contributed by atoms with Crippen LogP contribution in [0.25, 0.3) is 0 Å². The quantitative estimate of drug-likeness (QED) is 0.582. The van der Waals surface area contributed by atoms with Crippen LogP contribution in [0, 0.1) is 6.92 Å². The Kier molecular flexibility index (Phi) is 7.30. The van der Waals surface area contributed by atoms with Crippen molar-refractivity contribution in [3.63, 3.8) is 0 Å². The Morgan fingerprint density at radius 2 is 1.57 bits per heavy atom. The molecular weight excluding hydrogens is 446 g/mol. The number of nitrogens with zero attached hydrogens (tertiary/aromatic N) is 3. The maximum absolute atomic E-state index is 13.8. The van der Waals surface area contributed by atoms with E-state index >= 15 is 0 Å². The van der Waals surface area contributed by atoms with Crippen LogP contribution in [-0.4, -0.2) is 58.7 Å². The fraction of sp³-hybridized carbons (Fsp3) is 0.222. The summed E-state index contributed by atoms with van der Waals surface area (Å²) in [6.07, 6.45) is -0.606. The zero-order chi connectivity index (χ0) is 24.8. The van der Waals surface area contributed by atoms with Gasteiger partial charge in [0.2, 0.25) is 0 Å². The van der Waals surface area contributed by atoms with E-state index in [0.29, 0.717) is 11.4 Å². The van der Waals surface area contributed by atoms with Gasteiger partial charge in [-0.3, -0.25) is 4.90 Å². The average Bonchev–Trinajstić information content (AvgIpc) is 2.88. The van der Waals surface area contributed by atoms with Crippen molar-refractivity contribution in [1.29, 1.82) is 0 Å². The second kappa shape index (κ2) is 10.7. The number of piperazine rings is 1. The van der Waals surface area contributed by atoms with Crippen LogP contribution in [0.5, 0.6) is 0 Å². The number of carboxylic acid groups (broad SMARTS) is 1. The van der Waals surface area contributed by atoms with Gasteiger partial charge in [-0.1, -0.05) is 60.7 Å². The van der Waals surface area contributed by atoms with Gasteiger partial charge in [-0.05, 0) is 42.3 Å². The van der Waals surface area contributed by atoms with Gasteiger partial charge in [0.25, 0.3) is 0 Å². The molecule has 3 amide bonds. The molecule has 1 heterocycles. The number of hydrogen-bond donors (Lipinski definition) is 1. The number of rotatable bonds is 5. The number of carbonyl (C=O) groups is 3. The molecule has 1 saturated heterocycles. The molecule has 0 aliphatic carbocycles. The predicted octanol–water partition coefficient (Wildman–Crippen LogP) is 4.66. The minimum atomic E-state index is -1.21. The number of carbonyl (C=O) groups excluding carboxylic acids is 2. The molecule has 1 unspecified atom stereocenters. The number of amides is 3. The number of ether oxygens (including phenoxy) is 1. The van der Waals surface area contributed by atoms with E-state index in [1.807, 2.05) is 79.7 Å². The van der Waals surface area contributed by atoms with E-state index in [-0.39, 0.29) is 26.2 Å². The minimum Gasteiger partial charge on any atom is -0.480 e. The number of carboxylic acids is 1.